The lowest BCUT2D eigenvalue weighted by molar-refractivity contribution is -0.385. The van der Waals surface area contributed by atoms with Crippen LogP contribution in [-0.2, 0) is 11.5 Å². The molecule has 0 saturated carbocycles. The molecule has 2 heterocycles. The van der Waals surface area contributed by atoms with Crippen LogP contribution in [-0.4, -0.2) is 53.8 Å². The van der Waals surface area contributed by atoms with Gasteiger partial charge in [0.2, 0.25) is 5.89 Å². The van der Waals surface area contributed by atoms with E-state index in [0.717, 1.165) is 25.2 Å². The molecule has 27 heavy (non-hydrogen) atoms. The molecule has 0 spiro atoms. The molecule has 1 aliphatic heterocycles. The molecular formula is C16H22ClN5O4S. The van der Waals surface area contributed by atoms with E-state index in [4.69, 9.17) is 9.26 Å². The lowest BCUT2D eigenvalue weighted by atomic mass is 10.2. The fourth-order valence-corrected chi connectivity index (χ4v) is 3.59. The summed E-state index contributed by atoms with van der Waals surface area (Å²) in [7, 11) is 3.47. The van der Waals surface area contributed by atoms with Gasteiger partial charge in [-0.05, 0) is 18.7 Å². The van der Waals surface area contributed by atoms with E-state index in [2.05, 4.69) is 20.4 Å². The summed E-state index contributed by atoms with van der Waals surface area (Å²) in [6.07, 6.45) is 0. The van der Waals surface area contributed by atoms with Gasteiger partial charge in [0.1, 0.15) is 0 Å². The normalized spacial score (nSPS) is 17.3. The zero-order valence-electron chi connectivity index (χ0n) is 15.1. The van der Waals surface area contributed by atoms with Crippen LogP contribution in [0.2, 0.25) is 0 Å². The van der Waals surface area contributed by atoms with Gasteiger partial charge in [0.05, 0.1) is 23.8 Å². The lowest BCUT2D eigenvalue weighted by Gasteiger charge is -2.30. The standard InChI is InChI=1S/C16H21N5O4S.ClH/c1-20-6-5-17-8-13(20)16-18-15(25-19-16)10-26-9-11-3-4-14(24-2)12(7-11)21(22)23;/h3-4,7,13,17H,5-6,8-10H2,1-2H3;1H. The summed E-state index contributed by atoms with van der Waals surface area (Å²) in [6, 6.07) is 5.09. The van der Waals surface area contributed by atoms with Crippen molar-refractivity contribution in [3.63, 3.8) is 0 Å². The molecule has 148 valence electrons. The van der Waals surface area contributed by atoms with Gasteiger partial charge in [-0.25, -0.2) is 0 Å². The number of halogens is 1. The number of nitrogens with zero attached hydrogens (tertiary/aromatic N) is 4. The van der Waals surface area contributed by atoms with E-state index in [-0.39, 0.29) is 29.9 Å². The molecule has 1 saturated heterocycles. The summed E-state index contributed by atoms with van der Waals surface area (Å²) in [5.74, 6) is 2.67. The van der Waals surface area contributed by atoms with Crippen molar-refractivity contribution in [2.24, 2.45) is 0 Å². The SMILES string of the molecule is COc1ccc(CSCc2nc(C3CNCCN3C)no2)cc1[N+](=O)[O-].Cl. The largest absolute Gasteiger partial charge is 0.490 e. The van der Waals surface area contributed by atoms with Crippen LogP contribution in [0.15, 0.2) is 22.7 Å². The quantitative estimate of drug-likeness (QED) is 0.538. The van der Waals surface area contributed by atoms with Crippen molar-refractivity contribution in [2.45, 2.75) is 17.5 Å². The molecule has 1 N–H and O–H groups in total. The van der Waals surface area contributed by atoms with E-state index in [1.54, 1.807) is 17.8 Å². The molecule has 1 aromatic carbocycles. The van der Waals surface area contributed by atoms with Crippen molar-refractivity contribution >= 4 is 29.9 Å². The summed E-state index contributed by atoms with van der Waals surface area (Å²) in [4.78, 5) is 17.3. The molecule has 3 rings (SSSR count). The minimum absolute atomic E-state index is 0. The Morgan fingerprint density at radius 3 is 3.00 bits per heavy atom. The Labute approximate surface area is 167 Å². The Hall–Kier alpha value is -1.88. The zero-order valence-corrected chi connectivity index (χ0v) is 16.7. The van der Waals surface area contributed by atoms with Crippen LogP contribution in [0.25, 0.3) is 0 Å². The van der Waals surface area contributed by atoms with Crippen molar-refractivity contribution in [1.82, 2.24) is 20.4 Å². The zero-order chi connectivity index (χ0) is 18.5. The highest BCUT2D eigenvalue weighted by molar-refractivity contribution is 7.97. The van der Waals surface area contributed by atoms with Gasteiger partial charge in [0.25, 0.3) is 0 Å². The highest BCUT2D eigenvalue weighted by atomic mass is 35.5. The number of rotatable bonds is 7. The Morgan fingerprint density at radius 1 is 1.48 bits per heavy atom. The third kappa shape index (κ3) is 5.32. The predicted molar refractivity (Wildman–Crippen MR) is 104 cm³/mol. The fourth-order valence-electron chi connectivity index (χ4n) is 2.78. The van der Waals surface area contributed by atoms with E-state index < -0.39 is 4.92 Å². The maximum Gasteiger partial charge on any atom is 0.311 e. The number of piperazine rings is 1. The first-order chi connectivity index (χ1) is 12.6. The van der Waals surface area contributed by atoms with E-state index in [9.17, 15) is 10.1 Å². The molecule has 1 aromatic heterocycles. The van der Waals surface area contributed by atoms with Gasteiger partial charge in [0.15, 0.2) is 11.6 Å². The predicted octanol–water partition coefficient (Wildman–Crippen LogP) is 2.42. The highest BCUT2D eigenvalue weighted by Gasteiger charge is 2.25. The number of hydrogen-bond donors (Lipinski definition) is 1. The Balaban J connectivity index is 0.00000261. The van der Waals surface area contributed by atoms with Crippen LogP contribution in [0.4, 0.5) is 5.69 Å². The molecule has 11 heteroatoms. The van der Waals surface area contributed by atoms with Crippen LogP contribution in [0.3, 0.4) is 0 Å². The monoisotopic (exact) mass is 415 g/mol. The Bertz CT molecular complexity index is 775. The molecule has 2 aromatic rings. The fraction of sp³-hybridized carbons (Fsp3) is 0.500. The van der Waals surface area contributed by atoms with E-state index >= 15 is 0 Å². The third-order valence-electron chi connectivity index (χ3n) is 4.23. The van der Waals surface area contributed by atoms with Gasteiger partial charge in [-0.2, -0.15) is 4.98 Å². The number of nitro groups is 1. The number of methoxy groups -OCH3 is 1. The maximum atomic E-state index is 11.1. The van der Waals surface area contributed by atoms with Gasteiger partial charge >= 0.3 is 5.69 Å². The van der Waals surface area contributed by atoms with E-state index in [0.29, 0.717) is 23.2 Å². The van der Waals surface area contributed by atoms with Gasteiger partial charge in [-0.3, -0.25) is 15.0 Å². The second-order valence-electron chi connectivity index (χ2n) is 6.00. The second-order valence-corrected chi connectivity index (χ2v) is 6.99. The molecule has 9 nitrogen and oxygen atoms in total. The highest BCUT2D eigenvalue weighted by Crippen LogP contribution is 2.29. The Morgan fingerprint density at radius 2 is 2.30 bits per heavy atom. The number of nitro benzene ring substituents is 1. The number of nitrogens with one attached hydrogen (secondary N) is 1. The maximum absolute atomic E-state index is 11.1. The summed E-state index contributed by atoms with van der Waals surface area (Å²) < 4.78 is 10.4. The van der Waals surface area contributed by atoms with Gasteiger partial charge < -0.3 is 14.6 Å². The van der Waals surface area contributed by atoms with E-state index in [1.165, 1.54) is 13.2 Å². The molecule has 1 fully saturated rings. The summed E-state index contributed by atoms with van der Waals surface area (Å²) >= 11 is 1.57. The number of thioether (sulfide) groups is 1. The van der Waals surface area contributed by atoms with Crippen molar-refractivity contribution in [1.29, 1.82) is 0 Å². The second kappa shape index (κ2) is 9.88. The molecule has 0 amide bonds. The molecule has 1 unspecified atom stereocenters. The first-order valence-electron chi connectivity index (χ1n) is 8.21. The number of likely N-dealkylation sites (N-methyl/N-ethyl adjacent to an activating group) is 1. The molecule has 1 aliphatic rings. The van der Waals surface area contributed by atoms with Crippen molar-refractivity contribution in [3.8, 4) is 5.75 Å². The summed E-state index contributed by atoms with van der Waals surface area (Å²) in [6.45, 7) is 2.71. The summed E-state index contributed by atoms with van der Waals surface area (Å²) in [5.41, 5.74) is 0.817. The molecule has 0 bridgehead atoms. The first-order valence-corrected chi connectivity index (χ1v) is 9.36. The van der Waals surface area contributed by atoms with E-state index in [1.807, 2.05) is 13.1 Å². The number of benzene rings is 1. The third-order valence-corrected chi connectivity index (χ3v) is 5.22. The topological polar surface area (TPSA) is 107 Å². The molecule has 0 radical (unpaired) electrons. The lowest BCUT2D eigenvalue weighted by Crippen LogP contribution is -2.44. The van der Waals surface area contributed by atoms with Crippen LogP contribution in [0.1, 0.15) is 23.3 Å². The van der Waals surface area contributed by atoms with Crippen molar-refractivity contribution in [3.05, 3.63) is 45.6 Å². The number of aromatic nitrogens is 2. The van der Waals surface area contributed by atoms with Crippen LogP contribution in [0, 0.1) is 10.1 Å². The minimum atomic E-state index is -0.439. The molecule has 1 atom stereocenters. The molecule has 0 aliphatic carbocycles. The van der Waals surface area contributed by atoms with Gasteiger partial charge in [0, 0.05) is 31.5 Å². The smallest absolute Gasteiger partial charge is 0.311 e. The summed E-state index contributed by atoms with van der Waals surface area (Å²) in [5, 5.41) is 18.5. The number of ether oxygens (including phenoxy) is 1. The van der Waals surface area contributed by atoms with Crippen LogP contribution >= 0.6 is 24.2 Å². The molecular weight excluding hydrogens is 394 g/mol. The van der Waals surface area contributed by atoms with Crippen LogP contribution in [0.5, 0.6) is 5.75 Å². The average molecular weight is 416 g/mol. The van der Waals surface area contributed by atoms with Crippen molar-refractivity contribution < 1.29 is 14.2 Å². The Kier molecular flexibility index (Phi) is 7.84. The van der Waals surface area contributed by atoms with Crippen LogP contribution < -0.4 is 10.1 Å². The van der Waals surface area contributed by atoms with Gasteiger partial charge in [-0.15, -0.1) is 24.2 Å². The average Bonchev–Trinajstić information content (AvgIpc) is 3.10. The van der Waals surface area contributed by atoms with Gasteiger partial charge in [-0.1, -0.05) is 11.2 Å². The minimum Gasteiger partial charge on any atom is -0.490 e. The van der Waals surface area contributed by atoms with Crippen molar-refractivity contribution in [2.75, 3.05) is 33.8 Å². The first kappa shape index (κ1) is 21.4. The number of hydrogen-bond acceptors (Lipinski definition) is 9.